The van der Waals surface area contributed by atoms with Crippen LogP contribution >= 0.6 is 0 Å². The standard InChI is InChI=1S/C22H18FN5O/c1-15(29)28(19-5-3-4-12-25-19)22-20(16-10-13-24-14-11-16)21(26-27(22)2)17-6-8-18(23)9-7-17/h3-14H,1-2H3. The minimum atomic E-state index is -0.325. The average Bonchev–Trinajstić information content (AvgIpc) is 3.07. The van der Waals surface area contributed by atoms with Crippen LogP contribution in [0, 0.1) is 5.82 Å². The third kappa shape index (κ3) is 3.50. The summed E-state index contributed by atoms with van der Waals surface area (Å²) >= 11 is 0. The van der Waals surface area contributed by atoms with Crippen molar-refractivity contribution >= 4 is 17.5 Å². The molecule has 0 saturated carbocycles. The van der Waals surface area contributed by atoms with Crippen molar-refractivity contribution in [1.29, 1.82) is 0 Å². The normalized spacial score (nSPS) is 10.7. The Hall–Kier alpha value is -3.87. The lowest BCUT2D eigenvalue weighted by Crippen LogP contribution is -2.26. The third-order valence-corrected chi connectivity index (χ3v) is 4.51. The van der Waals surface area contributed by atoms with Crippen molar-refractivity contribution in [2.45, 2.75) is 6.92 Å². The molecular formula is C22H18FN5O. The van der Waals surface area contributed by atoms with Gasteiger partial charge in [0.15, 0.2) is 0 Å². The first-order chi connectivity index (χ1) is 14.1. The second-order valence-electron chi connectivity index (χ2n) is 6.46. The Balaban J connectivity index is 2.01. The van der Waals surface area contributed by atoms with Gasteiger partial charge in [-0.15, -0.1) is 0 Å². The van der Waals surface area contributed by atoms with Crippen molar-refractivity contribution in [2.24, 2.45) is 7.05 Å². The van der Waals surface area contributed by atoms with Crippen LogP contribution in [0.25, 0.3) is 22.4 Å². The van der Waals surface area contributed by atoms with Gasteiger partial charge in [-0.1, -0.05) is 6.07 Å². The van der Waals surface area contributed by atoms with E-state index < -0.39 is 0 Å². The van der Waals surface area contributed by atoms with Crippen molar-refractivity contribution in [3.63, 3.8) is 0 Å². The molecule has 3 aromatic heterocycles. The van der Waals surface area contributed by atoms with Gasteiger partial charge in [0.1, 0.15) is 23.1 Å². The van der Waals surface area contributed by atoms with Crippen molar-refractivity contribution in [3.8, 4) is 22.4 Å². The number of aromatic nitrogens is 4. The van der Waals surface area contributed by atoms with Crippen LogP contribution in [0.2, 0.25) is 0 Å². The number of hydrogen-bond acceptors (Lipinski definition) is 4. The van der Waals surface area contributed by atoms with Gasteiger partial charge in [-0.2, -0.15) is 5.10 Å². The fourth-order valence-electron chi connectivity index (χ4n) is 3.27. The van der Waals surface area contributed by atoms with Gasteiger partial charge < -0.3 is 0 Å². The van der Waals surface area contributed by atoms with Crippen molar-refractivity contribution < 1.29 is 9.18 Å². The predicted octanol–water partition coefficient (Wildman–Crippen LogP) is 4.37. The maximum atomic E-state index is 13.5. The monoisotopic (exact) mass is 387 g/mol. The van der Waals surface area contributed by atoms with Crippen molar-refractivity contribution in [3.05, 3.63) is 79.0 Å². The Bertz CT molecular complexity index is 1140. The lowest BCUT2D eigenvalue weighted by atomic mass is 10.0. The first kappa shape index (κ1) is 18.5. The Morgan fingerprint density at radius 1 is 0.966 bits per heavy atom. The van der Waals surface area contributed by atoms with Crippen LogP contribution in [0.1, 0.15) is 6.92 Å². The van der Waals surface area contributed by atoms with Crippen LogP contribution in [0.3, 0.4) is 0 Å². The van der Waals surface area contributed by atoms with Gasteiger partial charge in [0.05, 0.1) is 5.56 Å². The molecule has 144 valence electrons. The molecular weight excluding hydrogens is 369 g/mol. The molecule has 1 aromatic carbocycles. The first-order valence-electron chi connectivity index (χ1n) is 9.01. The van der Waals surface area contributed by atoms with E-state index >= 15 is 0 Å². The highest BCUT2D eigenvalue weighted by Gasteiger charge is 2.27. The molecule has 0 aliphatic carbocycles. The second kappa shape index (κ2) is 7.63. The zero-order chi connectivity index (χ0) is 20.4. The van der Waals surface area contributed by atoms with Gasteiger partial charge in [-0.3, -0.25) is 14.5 Å². The summed E-state index contributed by atoms with van der Waals surface area (Å²) in [5.74, 6) is 0.535. The second-order valence-corrected chi connectivity index (χ2v) is 6.46. The Morgan fingerprint density at radius 3 is 2.31 bits per heavy atom. The molecule has 0 bridgehead atoms. The Morgan fingerprint density at radius 2 is 1.69 bits per heavy atom. The van der Waals surface area contributed by atoms with Crippen LogP contribution in [-0.2, 0) is 11.8 Å². The highest BCUT2D eigenvalue weighted by atomic mass is 19.1. The SMILES string of the molecule is CC(=O)N(c1ccccn1)c1c(-c2ccncc2)c(-c2ccc(F)cc2)nn1C. The fourth-order valence-corrected chi connectivity index (χ4v) is 3.27. The topological polar surface area (TPSA) is 63.9 Å². The molecule has 0 radical (unpaired) electrons. The van der Waals surface area contributed by atoms with E-state index in [9.17, 15) is 9.18 Å². The summed E-state index contributed by atoms with van der Waals surface area (Å²) in [7, 11) is 1.77. The molecule has 4 aromatic rings. The molecule has 6 nitrogen and oxygen atoms in total. The van der Waals surface area contributed by atoms with E-state index in [4.69, 9.17) is 0 Å². The lowest BCUT2D eigenvalue weighted by molar-refractivity contribution is -0.115. The van der Waals surface area contributed by atoms with E-state index in [0.717, 1.165) is 16.7 Å². The minimum Gasteiger partial charge on any atom is -0.274 e. The zero-order valence-electron chi connectivity index (χ0n) is 16.0. The molecule has 1 amide bonds. The van der Waals surface area contributed by atoms with Gasteiger partial charge in [-0.25, -0.2) is 14.3 Å². The minimum absolute atomic E-state index is 0.201. The smallest absolute Gasteiger partial charge is 0.230 e. The van der Waals surface area contributed by atoms with Gasteiger partial charge in [-0.05, 0) is 54.1 Å². The maximum absolute atomic E-state index is 13.5. The molecule has 0 N–H and O–H groups in total. The van der Waals surface area contributed by atoms with Crippen LogP contribution in [0.5, 0.6) is 0 Å². The number of anilines is 2. The van der Waals surface area contributed by atoms with E-state index in [0.29, 0.717) is 17.3 Å². The van der Waals surface area contributed by atoms with E-state index in [1.54, 1.807) is 54.6 Å². The molecule has 0 unspecified atom stereocenters. The first-order valence-corrected chi connectivity index (χ1v) is 9.01. The Kier molecular flexibility index (Phi) is 4.87. The molecule has 29 heavy (non-hydrogen) atoms. The summed E-state index contributed by atoms with van der Waals surface area (Å²) in [5.41, 5.74) is 2.95. The molecule has 0 spiro atoms. The summed E-state index contributed by atoms with van der Waals surface area (Å²) in [4.78, 5) is 22.6. The number of carbonyl (C=O) groups is 1. The number of rotatable bonds is 4. The average molecular weight is 387 g/mol. The quantitative estimate of drug-likeness (QED) is 0.522. The number of halogens is 1. The van der Waals surface area contributed by atoms with Gasteiger partial charge in [0.25, 0.3) is 0 Å². The van der Waals surface area contributed by atoms with Crippen molar-refractivity contribution in [1.82, 2.24) is 19.7 Å². The number of nitrogens with zero attached hydrogens (tertiary/aromatic N) is 5. The van der Waals surface area contributed by atoms with E-state index in [1.165, 1.54) is 24.0 Å². The molecule has 7 heteroatoms. The predicted molar refractivity (Wildman–Crippen MR) is 109 cm³/mol. The largest absolute Gasteiger partial charge is 0.274 e. The number of benzene rings is 1. The highest BCUT2D eigenvalue weighted by Crippen LogP contribution is 2.41. The van der Waals surface area contributed by atoms with Crippen LogP contribution in [-0.4, -0.2) is 25.7 Å². The van der Waals surface area contributed by atoms with Crippen LogP contribution in [0.15, 0.2) is 73.2 Å². The highest BCUT2D eigenvalue weighted by molar-refractivity contribution is 6.03. The number of aryl methyl sites for hydroxylation is 1. The molecule has 0 aliphatic rings. The van der Waals surface area contributed by atoms with Gasteiger partial charge >= 0.3 is 0 Å². The summed E-state index contributed by atoms with van der Waals surface area (Å²) in [5, 5.41) is 4.67. The molecule has 4 rings (SSSR count). The van der Waals surface area contributed by atoms with Crippen molar-refractivity contribution in [2.75, 3.05) is 4.90 Å². The number of pyridine rings is 2. The van der Waals surface area contributed by atoms with Gasteiger partial charge in [0, 0.05) is 38.1 Å². The molecule has 3 heterocycles. The van der Waals surface area contributed by atoms with Crippen LogP contribution < -0.4 is 4.90 Å². The van der Waals surface area contributed by atoms with Crippen LogP contribution in [0.4, 0.5) is 16.0 Å². The van der Waals surface area contributed by atoms with E-state index in [-0.39, 0.29) is 11.7 Å². The summed E-state index contributed by atoms with van der Waals surface area (Å²) in [6, 6.07) is 15.2. The fraction of sp³-hybridized carbons (Fsp3) is 0.0909. The van der Waals surface area contributed by atoms with Gasteiger partial charge in [0.2, 0.25) is 5.91 Å². The number of carbonyl (C=O) groups excluding carboxylic acids is 1. The van der Waals surface area contributed by atoms with E-state index in [2.05, 4.69) is 15.1 Å². The third-order valence-electron chi connectivity index (χ3n) is 4.51. The molecule has 0 saturated heterocycles. The Labute approximate surface area is 167 Å². The number of hydrogen-bond donors (Lipinski definition) is 0. The summed E-state index contributed by atoms with van der Waals surface area (Å²) in [6.45, 7) is 1.48. The maximum Gasteiger partial charge on any atom is 0.230 e. The number of amides is 1. The zero-order valence-corrected chi connectivity index (χ0v) is 16.0. The molecule has 0 atom stereocenters. The summed E-state index contributed by atoms with van der Waals surface area (Å²) in [6.07, 6.45) is 4.99. The summed E-state index contributed by atoms with van der Waals surface area (Å²) < 4.78 is 15.1. The van der Waals surface area contributed by atoms with E-state index in [1.807, 2.05) is 18.2 Å². The molecule has 0 fully saturated rings. The lowest BCUT2D eigenvalue weighted by Gasteiger charge is -2.21. The molecule has 0 aliphatic heterocycles.